The molecule has 3 aromatic rings. The third-order valence-electron chi connectivity index (χ3n) is 5.04. The zero-order chi connectivity index (χ0) is 21.3. The standard InChI is InChI=1S/C22H20N4O4/c1-27-14-6-4-5-13(9-14)20-19-18(12-7-8-16(28-2)17(10-12)29-3)15(11-23)21(24)30-22(19)26-25-20/h4-10,18H,24H2,1-3H3,(H,25,26). The highest BCUT2D eigenvalue weighted by Crippen LogP contribution is 2.47. The van der Waals surface area contributed by atoms with Crippen LogP contribution < -0.4 is 24.7 Å². The molecule has 2 heterocycles. The van der Waals surface area contributed by atoms with Gasteiger partial charge in [-0.3, -0.25) is 5.10 Å². The van der Waals surface area contributed by atoms with Crippen LogP contribution in [-0.2, 0) is 0 Å². The molecule has 8 heteroatoms. The maximum atomic E-state index is 9.85. The van der Waals surface area contributed by atoms with Crippen LogP contribution in [0.15, 0.2) is 53.9 Å². The molecular weight excluding hydrogens is 384 g/mol. The Hall–Kier alpha value is -4.12. The molecule has 0 amide bonds. The summed E-state index contributed by atoms with van der Waals surface area (Å²) in [5.74, 6) is 1.68. The van der Waals surface area contributed by atoms with Crippen molar-refractivity contribution in [1.82, 2.24) is 10.2 Å². The molecule has 0 spiro atoms. The number of nitrogens with two attached hydrogens (primary N) is 1. The molecule has 8 nitrogen and oxygen atoms in total. The quantitative estimate of drug-likeness (QED) is 0.670. The van der Waals surface area contributed by atoms with Crippen molar-refractivity contribution in [3.05, 3.63) is 65.0 Å². The van der Waals surface area contributed by atoms with Crippen molar-refractivity contribution in [2.24, 2.45) is 5.73 Å². The topological polar surface area (TPSA) is 115 Å². The summed E-state index contributed by atoms with van der Waals surface area (Å²) in [5, 5.41) is 17.2. The fourth-order valence-electron chi connectivity index (χ4n) is 3.61. The zero-order valence-corrected chi connectivity index (χ0v) is 16.7. The SMILES string of the molecule is COc1cccc(-c2[nH]nc3c2C(c2ccc(OC)c(OC)c2)C(C#N)=C(N)O3)c1. The molecule has 1 aliphatic rings. The van der Waals surface area contributed by atoms with Crippen LogP contribution in [0.2, 0.25) is 0 Å². The summed E-state index contributed by atoms with van der Waals surface area (Å²) in [6.07, 6.45) is 0. The smallest absolute Gasteiger partial charge is 0.244 e. The first kappa shape index (κ1) is 19.2. The Balaban J connectivity index is 1.93. The molecule has 30 heavy (non-hydrogen) atoms. The number of rotatable bonds is 5. The van der Waals surface area contributed by atoms with E-state index in [2.05, 4.69) is 16.3 Å². The third kappa shape index (κ3) is 3.06. The van der Waals surface area contributed by atoms with Gasteiger partial charge in [0.1, 0.15) is 17.4 Å². The number of nitrogens with one attached hydrogen (secondary N) is 1. The molecule has 0 aliphatic carbocycles. The molecule has 0 bridgehead atoms. The van der Waals surface area contributed by atoms with Crippen LogP contribution in [0.4, 0.5) is 0 Å². The van der Waals surface area contributed by atoms with E-state index in [1.165, 1.54) is 0 Å². The molecule has 1 unspecified atom stereocenters. The second-order valence-electron chi connectivity index (χ2n) is 6.59. The van der Waals surface area contributed by atoms with Gasteiger partial charge in [0.2, 0.25) is 11.8 Å². The molecule has 1 aliphatic heterocycles. The van der Waals surface area contributed by atoms with Gasteiger partial charge < -0.3 is 24.7 Å². The Labute approximate surface area is 173 Å². The summed E-state index contributed by atoms with van der Waals surface area (Å²) >= 11 is 0. The van der Waals surface area contributed by atoms with E-state index in [-0.39, 0.29) is 5.88 Å². The average Bonchev–Trinajstić information content (AvgIpc) is 3.20. The lowest BCUT2D eigenvalue weighted by molar-refractivity contribution is 0.354. The predicted molar refractivity (Wildman–Crippen MR) is 109 cm³/mol. The Bertz CT molecular complexity index is 1180. The van der Waals surface area contributed by atoms with Gasteiger partial charge in [0.15, 0.2) is 11.5 Å². The molecule has 0 saturated heterocycles. The van der Waals surface area contributed by atoms with E-state index in [1.54, 1.807) is 27.4 Å². The third-order valence-corrected chi connectivity index (χ3v) is 5.04. The molecule has 1 atom stereocenters. The van der Waals surface area contributed by atoms with Crippen LogP contribution in [0.1, 0.15) is 17.0 Å². The van der Waals surface area contributed by atoms with Gasteiger partial charge >= 0.3 is 0 Å². The molecule has 2 aromatic carbocycles. The first-order chi connectivity index (χ1) is 14.6. The number of fused-ring (bicyclic) bond motifs is 1. The number of nitrogens with zero attached hydrogens (tertiary/aromatic N) is 2. The summed E-state index contributed by atoms with van der Waals surface area (Å²) in [6, 6.07) is 15.2. The van der Waals surface area contributed by atoms with Crippen molar-refractivity contribution in [2.45, 2.75) is 5.92 Å². The molecule has 3 N–H and O–H groups in total. The van der Waals surface area contributed by atoms with E-state index in [1.807, 2.05) is 36.4 Å². The number of ether oxygens (including phenoxy) is 4. The van der Waals surface area contributed by atoms with Gasteiger partial charge in [0, 0.05) is 5.56 Å². The lowest BCUT2D eigenvalue weighted by atomic mass is 9.83. The molecular formula is C22H20N4O4. The minimum absolute atomic E-state index is 0.0217. The maximum Gasteiger partial charge on any atom is 0.244 e. The van der Waals surface area contributed by atoms with Crippen molar-refractivity contribution in [3.8, 4) is 40.5 Å². The number of nitriles is 1. The highest BCUT2D eigenvalue weighted by molar-refractivity contribution is 5.72. The van der Waals surface area contributed by atoms with E-state index < -0.39 is 5.92 Å². The van der Waals surface area contributed by atoms with Crippen molar-refractivity contribution < 1.29 is 18.9 Å². The number of aromatic nitrogens is 2. The minimum atomic E-state index is -0.501. The van der Waals surface area contributed by atoms with Gasteiger partial charge in [-0.1, -0.05) is 18.2 Å². The van der Waals surface area contributed by atoms with Crippen molar-refractivity contribution in [3.63, 3.8) is 0 Å². The van der Waals surface area contributed by atoms with Gasteiger partial charge in [-0.05, 0) is 29.8 Å². The minimum Gasteiger partial charge on any atom is -0.497 e. The fraction of sp³-hybridized carbons (Fsp3) is 0.182. The van der Waals surface area contributed by atoms with E-state index >= 15 is 0 Å². The lowest BCUT2D eigenvalue weighted by Crippen LogP contribution is -2.21. The number of allylic oxidation sites excluding steroid dienone is 1. The Morgan fingerprint density at radius 3 is 2.57 bits per heavy atom. The number of hydrogen-bond donors (Lipinski definition) is 2. The Morgan fingerprint density at radius 1 is 1.07 bits per heavy atom. The lowest BCUT2D eigenvalue weighted by Gasteiger charge is -2.24. The van der Waals surface area contributed by atoms with E-state index in [9.17, 15) is 5.26 Å². The highest BCUT2D eigenvalue weighted by atomic mass is 16.5. The summed E-state index contributed by atoms with van der Waals surface area (Å²) in [4.78, 5) is 0. The van der Waals surface area contributed by atoms with Gasteiger partial charge in [-0.15, -0.1) is 5.10 Å². The second kappa shape index (κ2) is 7.72. The van der Waals surface area contributed by atoms with Gasteiger partial charge in [0.05, 0.1) is 38.5 Å². The van der Waals surface area contributed by atoms with E-state index in [0.717, 1.165) is 11.1 Å². The molecule has 152 valence electrons. The maximum absolute atomic E-state index is 9.85. The van der Waals surface area contributed by atoms with Gasteiger partial charge in [-0.2, -0.15) is 5.26 Å². The van der Waals surface area contributed by atoms with E-state index in [4.69, 9.17) is 24.7 Å². The predicted octanol–water partition coefficient (Wildman–Crippen LogP) is 3.32. The average molecular weight is 404 g/mol. The summed E-state index contributed by atoms with van der Waals surface area (Å²) < 4.78 is 21.8. The number of methoxy groups -OCH3 is 3. The fourth-order valence-corrected chi connectivity index (χ4v) is 3.61. The largest absolute Gasteiger partial charge is 0.497 e. The second-order valence-corrected chi connectivity index (χ2v) is 6.59. The van der Waals surface area contributed by atoms with Crippen LogP contribution in [0.3, 0.4) is 0 Å². The number of hydrogen-bond acceptors (Lipinski definition) is 7. The van der Waals surface area contributed by atoms with Crippen molar-refractivity contribution >= 4 is 0 Å². The normalized spacial score (nSPS) is 15.1. The molecule has 4 rings (SSSR count). The number of aromatic amines is 1. The first-order valence-corrected chi connectivity index (χ1v) is 9.13. The summed E-state index contributed by atoms with van der Waals surface area (Å²) in [6.45, 7) is 0. The van der Waals surface area contributed by atoms with Crippen LogP contribution >= 0.6 is 0 Å². The zero-order valence-electron chi connectivity index (χ0n) is 16.7. The van der Waals surface area contributed by atoms with Crippen LogP contribution in [0.5, 0.6) is 23.1 Å². The molecule has 0 radical (unpaired) electrons. The summed E-state index contributed by atoms with van der Waals surface area (Å²) in [7, 11) is 4.74. The molecule has 0 saturated carbocycles. The highest BCUT2D eigenvalue weighted by Gasteiger charge is 2.36. The van der Waals surface area contributed by atoms with Crippen LogP contribution in [0, 0.1) is 11.3 Å². The van der Waals surface area contributed by atoms with Crippen LogP contribution in [-0.4, -0.2) is 31.5 Å². The summed E-state index contributed by atoms with van der Waals surface area (Å²) in [5.41, 5.74) is 9.41. The van der Waals surface area contributed by atoms with Gasteiger partial charge in [-0.25, -0.2) is 0 Å². The Kier molecular flexibility index (Phi) is 4.94. The Morgan fingerprint density at radius 2 is 1.87 bits per heavy atom. The number of H-pyrrole nitrogens is 1. The molecule has 0 fully saturated rings. The van der Waals surface area contributed by atoms with Crippen molar-refractivity contribution in [2.75, 3.05) is 21.3 Å². The number of benzene rings is 2. The van der Waals surface area contributed by atoms with Gasteiger partial charge in [0.25, 0.3) is 0 Å². The van der Waals surface area contributed by atoms with E-state index in [0.29, 0.717) is 40.0 Å². The monoisotopic (exact) mass is 404 g/mol. The van der Waals surface area contributed by atoms with Crippen molar-refractivity contribution in [1.29, 1.82) is 5.26 Å². The van der Waals surface area contributed by atoms with Crippen LogP contribution in [0.25, 0.3) is 11.3 Å². The first-order valence-electron chi connectivity index (χ1n) is 9.13. The molecule has 1 aromatic heterocycles.